The molecule has 1 fully saturated rings. The number of hydrogen-bond acceptors (Lipinski definition) is 4. The summed E-state index contributed by atoms with van der Waals surface area (Å²) in [5.41, 5.74) is 2.29. The van der Waals surface area contributed by atoms with Gasteiger partial charge in [-0.3, -0.25) is 13.9 Å². The number of halogens is 1. The molecule has 0 aromatic heterocycles. The molecule has 7 nitrogen and oxygen atoms in total. The molecule has 1 saturated carbocycles. The monoisotopic (exact) mass is 547 g/mol. The minimum Gasteiger partial charge on any atom is -0.352 e. The highest BCUT2D eigenvalue weighted by atomic mass is 35.5. The highest BCUT2D eigenvalue weighted by Crippen LogP contribution is 2.23. The predicted octanol–water partition coefficient (Wildman–Crippen LogP) is 5.06. The van der Waals surface area contributed by atoms with E-state index in [0.29, 0.717) is 23.6 Å². The lowest BCUT2D eigenvalue weighted by molar-refractivity contribution is -0.141. The van der Waals surface area contributed by atoms with Crippen LogP contribution in [-0.2, 0) is 26.2 Å². The van der Waals surface area contributed by atoms with Crippen molar-refractivity contribution < 1.29 is 18.0 Å². The number of rotatable bonds is 12. The Balaban J connectivity index is 1.76. The molecule has 2 aromatic rings. The van der Waals surface area contributed by atoms with Crippen LogP contribution >= 0.6 is 11.6 Å². The number of benzene rings is 2. The summed E-state index contributed by atoms with van der Waals surface area (Å²) in [7, 11) is -3.53. The molecule has 0 radical (unpaired) electrons. The fourth-order valence-electron chi connectivity index (χ4n) is 4.88. The van der Waals surface area contributed by atoms with E-state index in [2.05, 4.69) is 5.32 Å². The molecule has 3 rings (SSSR count). The van der Waals surface area contributed by atoms with Crippen molar-refractivity contribution in [2.24, 2.45) is 0 Å². The average Bonchev–Trinajstić information content (AvgIpc) is 3.35. The summed E-state index contributed by atoms with van der Waals surface area (Å²) in [4.78, 5) is 28.4. The van der Waals surface area contributed by atoms with Crippen LogP contribution in [0, 0.1) is 6.92 Å². The molecule has 0 bridgehead atoms. The third kappa shape index (κ3) is 8.20. The quantitative estimate of drug-likeness (QED) is 0.402. The Morgan fingerprint density at radius 2 is 1.81 bits per heavy atom. The Labute approximate surface area is 226 Å². The number of nitrogens with one attached hydrogen (secondary N) is 1. The number of sulfonamides is 1. The molecule has 0 unspecified atom stereocenters. The van der Waals surface area contributed by atoms with Crippen molar-refractivity contribution in [1.82, 2.24) is 10.2 Å². The fourth-order valence-corrected chi connectivity index (χ4v) is 6.04. The Kier molecular flexibility index (Phi) is 10.4. The van der Waals surface area contributed by atoms with E-state index in [1.54, 1.807) is 17.0 Å². The largest absolute Gasteiger partial charge is 0.352 e. The van der Waals surface area contributed by atoms with Gasteiger partial charge < -0.3 is 10.2 Å². The third-order valence-electron chi connectivity index (χ3n) is 6.83. The Bertz CT molecular complexity index is 1180. The number of carbonyl (C=O) groups is 2. The minimum absolute atomic E-state index is 0.107. The standard InChI is InChI=1S/C28H38ClN3O4S/c1-4-26(28(34)30-23-13-6-7-14-23)31(20-22-12-5-8-16-25(22)29)27(33)17-10-18-32(37(3,35)36)24-15-9-11-21(2)19-24/h5,8-9,11-12,15-16,19,23,26H,4,6-7,10,13-14,17-18,20H2,1-3H3,(H,30,34)/t26-/m1/s1. The Morgan fingerprint density at radius 1 is 1.11 bits per heavy atom. The molecule has 2 aromatic carbocycles. The first-order valence-electron chi connectivity index (χ1n) is 13.0. The van der Waals surface area contributed by atoms with Gasteiger partial charge in [0.25, 0.3) is 0 Å². The molecule has 202 valence electrons. The second kappa shape index (κ2) is 13.3. The molecule has 1 aliphatic rings. The van der Waals surface area contributed by atoms with Crippen LogP contribution in [-0.4, -0.2) is 50.0 Å². The molecule has 1 atom stereocenters. The van der Waals surface area contributed by atoms with Gasteiger partial charge in [-0.25, -0.2) is 8.42 Å². The molecule has 37 heavy (non-hydrogen) atoms. The zero-order chi connectivity index (χ0) is 27.0. The van der Waals surface area contributed by atoms with Crippen molar-refractivity contribution in [2.45, 2.75) is 77.4 Å². The Hall–Kier alpha value is -2.58. The van der Waals surface area contributed by atoms with Gasteiger partial charge in [0.2, 0.25) is 21.8 Å². The molecule has 0 spiro atoms. The lowest BCUT2D eigenvalue weighted by Crippen LogP contribution is -2.51. The highest BCUT2D eigenvalue weighted by Gasteiger charge is 2.31. The van der Waals surface area contributed by atoms with E-state index in [0.717, 1.165) is 36.8 Å². The van der Waals surface area contributed by atoms with Crippen LogP contribution in [0.5, 0.6) is 0 Å². The fraction of sp³-hybridized carbons (Fsp3) is 0.500. The summed E-state index contributed by atoms with van der Waals surface area (Å²) in [6.45, 7) is 4.18. The summed E-state index contributed by atoms with van der Waals surface area (Å²) in [6, 6.07) is 14.1. The Morgan fingerprint density at radius 3 is 2.43 bits per heavy atom. The lowest BCUT2D eigenvalue weighted by Gasteiger charge is -2.32. The molecule has 0 saturated heterocycles. The maximum Gasteiger partial charge on any atom is 0.243 e. The van der Waals surface area contributed by atoms with Gasteiger partial charge in [-0.15, -0.1) is 0 Å². The number of hydrogen-bond donors (Lipinski definition) is 1. The summed E-state index contributed by atoms with van der Waals surface area (Å²) in [6.07, 6.45) is 6.18. The van der Waals surface area contributed by atoms with Crippen molar-refractivity contribution in [2.75, 3.05) is 17.1 Å². The highest BCUT2D eigenvalue weighted by molar-refractivity contribution is 7.92. The zero-order valence-electron chi connectivity index (χ0n) is 22.0. The number of nitrogens with zero attached hydrogens (tertiary/aromatic N) is 2. The first-order valence-corrected chi connectivity index (χ1v) is 15.2. The van der Waals surface area contributed by atoms with Crippen LogP contribution in [0.3, 0.4) is 0 Å². The van der Waals surface area contributed by atoms with Gasteiger partial charge in [-0.1, -0.05) is 61.7 Å². The van der Waals surface area contributed by atoms with Crippen molar-refractivity contribution in [3.05, 3.63) is 64.7 Å². The summed E-state index contributed by atoms with van der Waals surface area (Å²) in [5.74, 6) is -0.349. The molecule has 0 heterocycles. The van der Waals surface area contributed by atoms with Gasteiger partial charge in [0.05, 0.1) is 11.9 Å². The maximum absolute atomic E-state index is 13.6. The van der Waals surface area contributed by atoms with E-state index in [9.17, 15) is 18.0 Å². The number of anilines is 1. The van der Waals surface area contributed by atoms with Crippen molar-refractivity contribution in [1.29, 1.82) is 0 Å². The van der Waals surface area contributed by atoms with Crippen LogP contribution in [0.15, 0.2) is 48.5 Å². The first kappa shape index (κ1) is 29.0. The smallest absolute Gasteiger partial charge is 0.243 e. The van der Waals surface area contributed by atoms with Gasteiger partial charge in [0.15, 0.2) is 0 Å². The topological polar surface area (TPSA) is 86.8 Å². The normalized spacial score (nSPS) is 14.8. The van der Waals surface area contributed by atoms with Gasteiger partial charge in [0, 0.05) is 30.6 Å². The number of aryl methyl sites for hydroxylation is 1. The van der Waals surface area contributed by atoms with Crippen molar-refractivity contribution in [3.8, 4) is 0 Å². The van der Waals surface area contributed by atoms with Gasteiger partial charge in [0.1, 0.15) is 6.04 Å². The van der Waals surface area contributed by atoms with E-state index < -0.39 is 16.1 Å². The second-order valence-corrected chi connectivity index (χ2v) is 12.1. The van der Waals surface area contributed by atoms with E-state index in [-0.39, 0.29) is 37.4 Å². The van der Waals surface area contributed by atoms with Gasteiger partial charge in [-0.2, -0.15) is 0 Å². The molecular weight excluding hydrogens is 510 g/mol. The van der Waals surface area contributed by atoms with Crippen LogP contribution in [0.1, 0.15) is 63.0 Å². The lowest BCUT2D eigenvalue weighted by atomic mass is 10.1. The maximum atomic E-state index is 13.6. The zero-order valence-corrected chi connectivity index (χ0v) is 23.5. The van der Waals surface area contributed by atoms with Gasteiger partial charge >= 0.3 is 0 Å². The van der Waals surface area contributed by atoms with Crippen molar-refractivity contribution >= 4 is 39.1 Å². The predicted molar refractivity (Wildman–Crippen MR) is 149 cm³/mol. The van der Waals surface area contributed by atoms with E-state index in [1.807, 2.05) is 50.2 Å². The van der Waals surface area contributed by atoms with Crippen LogP contribution in [0.25, 0.3) is 0 Å². The number of amides is 2. The molecule has 9 heteroatoms. The second-order valence-electron chi connectivity index (χ2n) is 9.80. The van der Waals surface area contributed by atoms with Crippen LogP contribution < -0.4 is 9.62 Å². The molecule has 2 amide bonds. The molecular formula is C28H38ClN3O4S. The van der Waals surface area contributed by atoms with E-state index in [1.165, 1.54) is 10.6 Å². The molecule has 0 aliphatic heterocycles. The van der Waals surface area contributed by atoms with E-state index >= 15 is 0 Å². The van der Waals surface area contributed by atoms with Crippen LogP contribution in [0.4, 0.5) is 5.69 Å². The van der Waals surface area contributed by atoms with Crippen LogP contribution in [0.2, 0.25) is 5.02 Å². The molecule has 1 N–H and O–H groups in total. The number of carbonyl (C=O) groups excluding carboxylic acids is 2. The van der Waals surface area contributed by atoms with E-state index in [4.69, 9.17) is 11.6 Å². The minimum atomic E-state index is -3.53. The third-order valence-corrected chi connectivity index (χ3v) is 8.39. The summed E-state index contributed by atoms with van der Waals surface area (Å²) < 4.78 is 26.3. The van der Waals surface area contributed by atoms with Crippen molar-refractivity contribution in [3.63, 3.8) is 0 Å². The summed E-state index contributed by atoms with van der Waals surface area (Å²) in [5, 5.41) is 3.67. The SMILES string of the molecule is CC[C@H](C(=O)NC1CCCC1)N(Cc1ccccc1Cl)C(=O)CCCN(c1cccc(C)c1)S(C)(=O)=O. The molecule has 1 aliphatic carbocycles. The average molecular weight is 548 g/mol. The van der Waals surface area contributed by atoms with Gasteiger partial charge in [-0.05, 0) is 61.9 Å². The summed E-state index contributed by atoms with van der Waals surface area (Å²) >= 11 is 6.40. The first-order chi connectivity index (χ1) is 17.6.